The van der Waals surface area contributed by atoms with Gasteiger partial charge >= 0.3 is 0 Å². The summed E-state index contributed by atoms with van der Waals surface area (Å²) in [5.74, 6) is 3.20. The van der Waals surface area contributed by atoms with Crippen LogP contribution in [0.1, 0.15) is 51.2 Å². The molecule has 5 heteroatoms. The highest BCUT2D eigenvalue weighted by Crippen LogP contribution is 2.49. The Kier molecular flexibility index (Phi) is 4.02. The van der Waals surface area contributed by atoms with E-state index in [1.54, 1.807) is 11.8 Å². The first kappa shape index (κ1) is 13.9. The summed E-state index contributed by atoms with van der Waals surface area (Å²) in [7, 11) is 0. The lowest BCUT2D eigenvalue weighted by Crippen LogP contribution is -2.45. The molecule has 1 aliphatic rings. The standard InChI is InChI=1S/C13H23N3OS/c1-8-10(14)6-5-9(13(8,2)3)12-15-11(7-18-4)16-17-12/h8-10H,5-7,14H2,1-4H3. The van der Waals surface area contributed by atoms with E-state index >= 15 is 0 Å². The minimum absolute atomic E-state index is 0.112. The molecule has 1 aliphatic carbocycles. The molecule has 1 fully saturated rings. The highest BCUT2D eigenvalue weighted by atomic mass is 32.2. The Bertz CT molecular complexity index is 405. The number of rotatable bonds is 3. The monoisotopic (exact) mass is 269 g/mol. The molecule has 2 rings (SSSR count). The molecular weight excluding hydrogens is 246 g/mol. The van der Waals surface area contributed by atoms with Crippen LogP contribution in [0.2, 0.25) is 0 Å². The number of nitrogens with two attached hydrogens (primary N) is 1. The van der Waals surface area contributed by atoms with E-state index in [4.69, 9.17) is 10.3 Å². The molecule has 1 aromatic heterocycles. The van der Waals surface area contributed by atoms with Crippen LogP contribution in [0, 0.1) is 11.3 Å². The van der Waals surface area contributed by atoms with Crippen LogP contribution in [-0.2, 0) is 5.75 Å². The van der Waals surface area contributed by atoms with Crippen LogP contribution in [0.25, 0.3) is 0 Å². The maximum atomic E-state index is 6.18. The Balaban J connectivity index is 2.21. The molecule has 0 spiro atoms. The van der Waals surface area contributed by atoms with Crippen LogP contribution in [0.5, 0.6) is 0 Å². The van der Waals surface area contributed by atoms with Gasteiger partial charge in [-0.1, -0.05) is 25.9 Å². The van der Waals surface area contributed by atoms with Gasteiger partial charge in [-0.3, -0.25) is 0 Å². The van der Waals surface area contributed by atoms with Crippen LogP contribution in [-0.4, -0.2) is 22.4 Å². The van der Waals surface area contributed by atoms with Gasteiger partial charge in [0.25, 0.3) is 0 Å². The first-order valence-electron chi connectivity index (χ1n) is 6.53. The quantitative estimate of drug-likeness (QED) is 0.914. The van der Waals surface area contributed by atoms with Crippen molar-refractivity contribution in [2.24, 2.45) is 17.1 Å². The van der Waals surface area contributed by atoms with E-state index in [1.807, 2.05) is 6.26 Å². The molecule has 1 heterocycles. The van der Waals surface area contributed by atoms with Crippen molar-refractivity contribution in [3.63, 3.8) is 0 Å². The van der Waals surface area contributed by atoms with E-state index in [9.17, 15) is 0 Å². The molecule has 1 saturated carbocycles. The zero-order valence-corrected chi connectivity index (χ0v) is 12.5. The number of thioether (sulfide) groups is 1. The topological polar surface area (TPSA) is 64.9 Å². The second-order valence-electron chi connectivity index (χ2n) is 5.89. The zero-order valence-electron chi connectivity index (χ0n) is 11.6. The van der Waals surface area contributed by atoms with Crippen LogP contribution < -0.4 is 5.73 Å². The summed E-state index contributed by atoms with van der Waals surface area (Å²) in [6.07, 6.45) is 4.12. The predicted octanol–water partition coefficient (Wildman–Crippen LogP) is 2.80. The Morgan fingerprint density at radius 3 is 2.83 bits per heavy atom. The van der Waals surface area contributed by atoms with Crippen molar-refractivity contribution in [1.29, 1.82) is 0 Å². The summed E-state index contributed by atoms with van der Waals surface area (Å²) in [6, 6.07) is 0.282. The van der Waals surface area contributed by atoms with E-state index in [2.05, 4.69) is 30.9 Å². The fraction of sp³-hybridized carbons (Fsp3) is 0.846. The van der Waals surface area contributed by atoms with Gasteiger partial charge in [0.15, 0.2) is 5.82 Å². The second-order valence-corrected chi connectivity index (χ2v) is 6.75. The fourth-order valence-electron chi connectivity index (χ4n) is 2.89. The summed E-state index contributed by atoms with van der Waals surface area (Å²) in [5.41, 5.74) is 6.29. The van der Waals surface area contributed by atoms with E-state index < -0.39 is 0 Å². The molecule has 0 aliphatic heterocycles. The minimum Gasteiger partial charge on any atom is -0.339 e. The molecule has 102 valence electrons. The summed E-state index contributed by atoms with van der Waals surface area (Å²) >= 11 is 1.71. The van der Waals surface area contributed by atoms with E-state index in [-0.39, 0.29) is 11.5 Å². The van der Waals surface area contributed by atoms with Crippen molar-refractivity contribution in [1.82, 2.24) is 10.1 Å². The van der Waals surface area contributed by atoms with Crippen molar-refractivity contribution >= 4 is 11.8 Å². The smallest absolute Gasteiger partial charge is 0.230 e. The fourth-order valence-corrected chi connectivity index (χ4v) is 3.26. The van der Waals surface area contributed by atoms with Gasteiger partial charge in [-0.25, -0.2) is 0 Å². The molecular formula is C13H23N3OS. The second kappa shape index (κ2) is 5.21. The summed E-state index contributed by atoms with van der Waals surface area (Å²) in [6.45, 7) is 6.76. The van der Waals surface area contributed by atoms with Crippen molar-refractivity contribution in [2.45, 2.75) is 51.3 Å². The van der Waals surface area contributed by atoms with E-state index in [0.717, 1.165) is 30.3 Å². The SMILES string of the molecule is CSCc1noc(C2CCC(N)C(C)C2(C)C)n1. The third kappa shape index (κ3) is 2.43. The normalized spacial score (nSPS) is 31.5. The van der Waals surface area contributed by atoms with Crippen LogP contribution in [0.3, 0.4) is 0 Å². The highest BCUT2D eigenvalue weighted by Gasteiger charge is 2.44. The lowest BCUT2D eigenvalue weighted by molar-refractivity contribution is 0.0806. The van der Waals surface area contributed by atoms with Crippen molar-refractivity contribution < 1.29 is 4.52 Å². The third-order valence-electron chi connectivity index (χ3n) is 4.56. The van der Waals surface area contributed by atoms with Crippen molar-refractivity contribution in [2.75, 3.05) is 6.26 Å². The van der Waals surface area contributed by atoms with Crippen LogP contribution in [0.4, 0.5) is 0 Å². The van der Waals surface area contributed by atoms with Crippen molar-refractivity contribution in [3.05, 3.63) is 11.7 Å². The molecule has 0 amide bonds. The van der Waals surface area contributed by atoms with E-state index in [0.29, 0.717) is 11.8 Å². The van der Waals surface area contributed by atoms with Gasteiger partial charge in [-0.05, 0) is 30.4 Å². The van der Waals surface area contributed by atoms with Gasteiger partial charge in [0, 0.05) is 12.0 Å². The Hall–Kier alpha value is -0.550. The highest BCUT2D eigenvalue weighted by molar-refractivity contribution is 7.97. The Morgan fingerprint density at radius 2 is 2.17 bits per heavy atom. The van der Waals surface area contributed by atoms with Gasteiger partial charge < -0.3 is 10.3 Å². The van der Waals surface area contributed by atoms with Crippen LogP contribution >= 0.6 is 11.8 Å². The van der Waals surface area contributed by atoms with E-state index in [1.165, 1.54) is 0 Å². The first-order valence-corrected chi connectivity index (χ1v) is 7.93. The van der Waals surface area contributed by atoms with Gasteiger partial charge in [-0.2, -0.15) is 16.7 Å². The molecule has 3 unspecified atom stereocenters. The molecule has 0 saturated heterocycles. The summed E-state index contributed by atoms with van der Waals surface area (Å²) < 4.78 is 5.46. The number of aromatic nitrogens is 2. The Morgan fingerprint density at radius 1 is 1.44 bits per heavy atom. The molecule has 0 aromatic carbocycles. The molecule has 3 atom stereocenters. The third-order valence-corrected chi connectivity index (χ3v) is 5.10. The number of nitrogens with zero attached hydrogens (tertiary/aromatic N) is 2. The number of hydrogen-bond donors (Lipinski definition) is 1. The largest absolute Gasteiger partial charge is 0.339 e. The van der Waals surface area contributed by atoms with Crippen LogP contribution in [0.15, 0.2) is 4.52 Å². The maximum absolute atomic E-state index is 6.18. The molecule has 4 nitrogen and oxygen atoms in total. The lowest BCUT2D eigenvalue weighted by Gasteiger charge is -2.45. The molecule has 1 aromatic rings. The average molecular weight is 269 g/mol. The summed E-state index contributed by atoms with van der Waals surface area (Å²) in [4.78, 5) is 4.54. The first-order chi connectivity index (χ1) is 8.46. The number of hydrogen-bond acceptors (Lipinski definition) is 5. The van der Waals surface area contributed by atoms with Gasteiger partial charge in [0.2, 0.25) is 5.89 Å². The minimum atomic E-state index is 0.112. The predicted molar refractivity (Wildman–Crippen MR) is 74.4 cm³/mol. The zero-order chi connectivity index (χ0) is 13.3. The van der Waals surface area contributed by atoms with Crippen molar-refractivity contribution in [3.8, 4) is 0 Å². The average Bonchev–Trinajstić information content (AvgIpc) is 2.75. The molecule has 0 radical (unpaired) electrons. The molecule has 18 heavy (non-hydrogen) atoms. The van der Waals surface area contributed by atoms with Gasteiger partial charge in [-0.15, -0.1) is 0 Å². The summed E-state index contributed by atoms with van der Waals surface area (Å²) in [5, 5.41) is 4.05. The lowest BCUT2D eigenvalue weighted by atomic mass is 9.61. The molecule has 0 bridgehead atoms. The molecule has 2 N–H and O–H groups in total. The Labute approximate surface area is 113 Å². The van der Waals surface area contributed by atoms with Gasteiger partial charge in [0.1, 0.15) is 0 Å². The maximum Gasteiger partial charge on any atom is 0.230 e. The van der Waals surface area contributed by atoms with Gasteiger partial charge in [0.05, 0.1) is 5.75 Å².